The zero-order chi connectivity index (χ0) is 10.4. The van der Waals surface area contributed by atoms with E-state index in [0.29, 0.717) is 12.0 Å². The summed E-state index contributed by atoms with van der Waals surface area (Å²) in [5.74, 6) is -0.371. The van der Waals surface area contributed by atoms with Crippen LogP contribution in [-0.2, 0) is 4.79 Å². The number of urea groups is 1. The molecule has 1 aromatic rings. The third-order valence-corrected chi connectivity index (χ3v) is 1.45. The van der Waals surface area contributed by atoms with Gasteiger partial charge in [0.2, 0.25) is 0 Å². The molecule has 1 aromatic carbocycles. The average Bonchev–Trinajstić information content (AvgIpc) is 2.18. The molecular weight excluding hydrogens is 187 g/mol. The van der Waals surface area contributed by atoms with Gasteiger partial charge in [-0.25, -0.2) is 9.18 Å². The maximum Gasteiger partial charge on any atom is 0.319 e. The number of nitrogens with one attached hydrogen (secondary N) is 2. The summed E-state index contributed by atoms with van der Waals surface area (Å²) in [6.45, 7) is -0.0486. The van der Waals surface area contributed by atoms with Crippen LogP contribution in [0.1, 0.15) is 0 Å². The first kappa shape index (κ1) is 10.2. The van der Waals surface area contributed by atoms with Crippen LogP contribution in [0.15, 0.2) is 24.3 Å². The van der Waals surface area contributed by atoms with Crippen molar-refractivity contribution < 1.29 is 14.0 Å². The molecule has 0 heterocycles. The molecule has 0 saturated heterocycles. The minimum Gasteiger partial charge on any atom is -0.331 e. The summed E-state index contributed by atoms with van der Waals surface area (Å²) in [5.41, 5.74) is 0.467. The first-order valence-electron chi connectivity index (χ1n) is 3.96. The van der Waals surface area contributed by atoms with Gasteiger partial charge in [0, 0.05) is 5.69 Å². The molecule has 0 radical (unpaired) electrons. The third-order valence-electron chi connectivity index (χ3n) is 1.45. The van der Waals surface area contributed by atoms with Crippen molar-refractivity contribution in [1.29, 1.82) is 0 Å². The molecule has 2 N–H and O–H groups in total. The Morgan fingerprint density at radius 1 is 1.36 bits per heavy atom. The van der Waals surface area contributed by atoms with E-state index < -0.39 is 6.03 Å². The lowest BCUT2D eigenvalue weighted by molar-refractivity contribution is -0.107. The molecule has 0 bridgehead atoms. The van der Waals surface area contributed by atoms with Crippen LogP contribution in [0.2, 0.25) is 0 Å². The molecule has 2 amide bonds. The molecule has 0 spiro atoms. The van der Waals surface area contributed by atoms with Gasteiger partial charge in [-0.1, -0.05) is 0 Å². The normalized spacial score (nSPS) is 9.21. The minimum atomic E-state index is -0.497. The van der Waals surface area contributed by atoms with Crippen molar-refractivity contribution in [1.82, 2.24) is 5.32 Å². The van der Waals surface area contributed by atoms with Gasteiger partial charge in [-0.05, 0) is 24.3 Å². The first-order chi connectivity index (χ1) is 6.72. The Morgan fingerprint density at radius 2 is 2.00 bits per heavy atom. The molecule has 5 heteroatoms. The van der Waals surface area contributed by atoms with Crippen LogP contribution in [0.5, 0.6) is 0 Å². The van der Waals surface area contributed by atoms with E-state index >= 15 is 0 Å². The van der Waals surface area contributed by atoms with E-state index in [9.17, 15) is 14.0 Å². The molecule has 0 aliphatic carbocycles. The zero-order valence-electron chi connectivity index (χ0n) is 7.29. The van der Waals surface area contributed by atoms with Crippen LogP contribution in [0.4, 0.5) is 14.9 Å². The average molecular weight is 196 g/mol. The molecule has 0 atom stereocenters. The number of rotatable bonds is 3. The second-order valence-corrected chi connectivity index (χ2v) is 2.51. The Bertz CT molecular complexity index is 324. The van der Waals surface area contributed by atoms with Gasteiger partial charge in [0.05, 0.1) is 6.54 Å². The van der Waals surface area contributed by atoms with Crippen LogP contribution in [0, 0.1) is 5.82 Å². The van der Waals surface area contributed by atoms with E-state index in [-0.39, 0.29) is 12.4 Å². The summed E-state index contributed by atoms with van der Waals surface area (Å²) in [4.78, 5) is 20.9. The summed E-state index contributed by atoms with van der Waals surface area (Å²) < 4.78 is 12.5. The molecule has 4 nitrogen and oxygen atoms in total. The molecule has 0 aliphatic rings. The Labute approximate surface area is 80.1 Å². The lowest BCUT2D eigenvalue weighted by atomic mass is 10.3. The van der Waals surface area contributed by atoms with Gasteiger partial charge < -0.3 is 15.4 Å². The highest BCUT2D eigenvalue weighted by atomic mass is 19.1. The third kappa shape index (κ3) is 3.22. The van der Waals surface area contributed by atoms with Gasteiger partial charge in [0.25, 0.3) is 0 Å². The number of anilines is 1. The number of amides is 2. The maximum atomic E-state index is 12.5. The molecule has 0 fully saturated rings. The SMILES string of the molecule is O=CCNC(=O)Nc1ccc(F)cc1. The number of halogens is 1. The molecule has 0 unspecified atom stereocenters. The summed E-state index contributed by atoms with van der Waals surface area (Å²) in [6.07, 6.45) is 0.574. The first-order valence-corrected chi connectivity index (χ1v) is 3.96. The topological polar surface area (TPSA) is 58.2 Å². The fourth-order valence-electron chi connectivity index (χ4n) is 0.843. The van der Waals surface area contributed by atoms with Crippen LogP contribution in [0.25, 0.3) is 0 Å². The highest BCUT2D eigenvalue weighted by Gasteiger charge is 1.99. The van der Waals surface area contributed by atoms with E-state index in [4.69, 9.17) is 0 Å². The van der Waals surface area contributed by atoms with Gasteiger partial charge in [0.15, 0.2) is 0 Å². The van der Waals surface area contributed by atoms with Crippen molar-refractivity contribution in [2.75, 3.05) is 11.9 Å². The van der Waals surface area contributed by atoms with Gasteiger partial charge in [-0.15, -0.1) is 0 Å². The second kappa shape index (κ2) is 4.96. The van der Waals surface area contributed by atoms with Crippen LogP contribution >= 0.6 is 0 Å². The lowest BCUT2D eigenvalue weighted by Gasteiger charge is -2.04. The Hall–Kier alpha value is -1.91. The van der Waals surface area contributed by atoms with E-state index in [1.54, 1.807) is 0 Å². The van der Waals surface area contributed by atoms with E-state index in [0.717, 1.165) is 0 Å². The summed E-state index contributed by atoms with van der Waals surface area (Å²) in [7, 11) is 0. The van der Waals surface area contributed by atoms with E-state index in [2.05, 4.69) is 10.6 Å². The Balaban J connectivity index is 2.47. The maximum absolute atomic E-state index is 12.5. The molecule has 14 heavy (non-hydrogen) atoms. The second-order valence-electron chi connectivity index (χ2n) is 2.51. The number of hydrogen-bond donors (Lipinski definition) is 2. The molecular formula is C9H9FN2O2. The molecule has 0 aliphatic heterocycles. The molecule has 0 aromatic heterocycles. The fraction of sp³-hybridized carbons (Fsp3) is 0.111. The fourth-order valence-corrected chi connectivity index (χ4v) is 0.843. The number of hydrogen-bond acceptors (Lipinski definition) is 2. The number of benzene rings is 1. The highest BCUT2D eigenvalue weighted by Crippen LogP contribution is 2.07. The van der Waals surface area contributed by atoms with Crippen molar-refractivity contribution in [2.24, 2.45) is 0 Å². The van der Waals surface area contributed by atoms with Crippen molar-refractivity contribution in [2.45, 2.75) is 0 Å². The quantitative estimate of drug-likeness (QED) is 0.712. The standard InChI is InChI=1S/C9H9FN2O2/c10-7-1-3-8(4-2-7)12-9(14)11-5-6-13/h1-4,6H,5H2,(H2,11,12,14). The Kier molecular flexibility index (Phi) is 3.60. The predicted molar refractivity (Wildman–Crippen MR) is 49.5 cm³/mol. The van der Waals surface area contributed by atoms with Crippen LogP contribution < -0.4 is 10.6 Å². The van der Waals surface area contributed by atoms with Crippen molar-refractivity contribution >= 4 is 18.0 Å². The van der Waals surface area contributed by atoms with Gasteiger partial charge in [-0.3, -0.25) is 0 Å². The van der Waals surface area contributed by atoms with Gasteiger partial charge >= 0.3 is 6.03 Å². The number of carbonyl (C=O) groups excluding carboxylic acids is 2. The van der Waals surface area contributed by atoms with Crippen LogP contribution in [0.3, 0.4) is 0 Å². The van der Waals surface area contributed by atoms with Gasteiger partial charge in [-0.2, -0.15) is 0 Å². The lowest BCUT2D eigenvalue weighted by Crippen LogP contribution is -2.29. The monoisotopic (exact) mass is 196 g/mol. The predicted octanol–water partition coefficient (Wildman–Crippen LogP) is 1.15. The molecule has 1 rings (SSSR count). The zero-order valence-corrected chi connectivity index (χ0v) is 7.29. The van der Waals surface area contributed by atoms with Crippen LogP contribution in [-0.4, -0.2) is 18.9 Å². The van der Waals surface area contributed by atoms with Crippen molar-refractivity contribution in [3.8, 4) is 0 Å². The summed E-state index contributed by atoms with van der Waals surface area (Å²) >= 11 is 0. The van der Waals surface area contributed by atoms with Crippen molar-refractivity contribution in [3.63, 3.8) is 0 Å². The number of carbonyl (C=O) groups is 2. The largest absolute Gasteiger partial charge is 0.331 e. The molecule has 0 saturated carbocycles. The minimum absolute atomic E-state index is 0.0486. The van der Waals surface area contributed by atoms with E-state index in [1.165, 1.54) is 24.3 Å². The van der Waals surface area contributed by atoms with E-state index in [1.807, 2.05) is 0 Å². The Morgan fingerprint density at radius 3 is 2.57 bits per heavy atom. The molecule has 74 valence electrons. The smallest absolute Gasteiger partial charge is 0.319 e. The number of aldehydes is 1. The highest BCUT2D eigenvalue weighted by molar-refractivity contribution is 5.90. The van der Waals surface area contributed by atoms with Crippen molar-refractivity contribution in [3.05, 3.63) is 30.1 Å². The van der Waals surface area contributed by atoms with Gasteiger partial charge in [0.1, 0.15) is 12.1 Å². The summed E-state index contributed by atoms with van der Waals surface area (Å²) in [5, 5.41) is 4.71. The summed E-state index contributed by atoms with van der Waals surface area (Å²) in [6, 6.07) is 4.82.